The smallest absolute Gasteiger partial charge is 0.305 e. The molecule has 0 rings (SSSR count). The Morgan fingerprint density at radius 3 is 2.36 bits per heavy atom. The second kappa shape index (κ2) is 9.96. The van der Waals surface area contributed by atoms with E-state index in [1.807, 2.05) is 6.08 Å². The molecule has 0 atom stereocenters. The average molecular weight is 198 g/mol. The van der Waals surface area contributed by atoms with Crippen molar-refractivity contribution in [3.05, 3.63) is 12.2 Å². The van der Waals surface area contributed by atoms with Crippen molar-refractivity contribution in [1.82, 2.24) is 0 Å². The van der Waals surface area contributed by atoms with Crippen molar-refractivity contribution in [1.29, 1.82) is 0 Å². The van der Waals surface area contributed by atoms with Crippen molar-refractivity contribution in [2.24, 2.45) is 0 Å². The number of unbranched alkanes of at least 4 members (excludes halogenated alkanes) is 3. The Labute approximate surface area is 85.1 Å². The number of allylic oxidation sites excluding steroid dienone is 2. The van der Waals surface area contributed by atoms with Crippen LogP contribution in [0.5, 0.6) is 0 Å². The van der Waals surface area contributed by atoms with Gasteiger partial charge in [-0.1, -0.05) is 12.2 Å². The van der Waals surface area contributed by atoms with Gasteiger partial charge in [-0.15, -0.1) is 0 Å². The number of rotatable bonds is 8. The van der Waals surface area contributed by atoms with Gasteiger partial charge in [0.1, 0.15) is 6.29 Å². The quantitative estimate of drug-likeness (QED) is 0.260. The van der Waals surface area contributed by atoms with Crippen LogP contribution in [0, 0.1) is 0 Å². The van der Waals surface area contributed by atoms with E-state index in [-0.39, 0.29) is 5.97 Å². The third-order valence-electron chi connectivity index (χ3n) is 1.84. The molecule has 0 heterocycles. The van der Waals surface area contributed by atoms with Gasteiger partial charge in [-0.3, -0.25) is 4.79 Å². The summed E-state index contributed by atoms with van der Waals surface area (Å²) in [6.45, 7) is 0. The van der Waals surface area contributed by atoms with Crippen LogP contribution in [-0.4, -0.2) is 19.4 Å². The SMILES string of the molecule is COC(=O)CCC/C=C/CCCC=O. The van der Waals surface area contributed by atoms with Gasteiger partial charge in [0, 0.05) is 12.8 Å². The molecule has 0 aromatic heterocycles. The third kappa shape index (κ3) is 8.97. The van der Waals surface area contributed by atoms with Crippen LogP contribution < -0.4 is 0 Å². The standard InChI is InChI=1S/C11H18O3/c1-14-11(13)9-7-5-3-2-4-6-8-10-12/h2-3,10H,4-9H2,1H3/b3-2+. The Morgan fingerprint density at radius 2 is 1.79 bits per heavy atom. The second-order valence-corrected chi connectivity index (χ2v) is 3.04. The zero-order chi connectivity index (χ0) is 10.6. The molecular formula is C11H18O3. The number of ether oxygens (including phenoxy) is 1. The minimum atomic E-state index is -0.153. The summed E-state index contributed by atoms with van der Waals surface area (Å²) in [5.74, 6) is -0.153. The Kier molecular flexibility index (Phi) is 9.17. The fourth-order valence-corrected chi connectivity index (χ4v) is 1.02. The van der Waals surface area contributed by atoms with Gasteiger partial charge < -0.3 is 9.53 Å². The van der Waals surface area contributed by atoms with Crippen LogP contribution in [0.25, 0.3) is 0 Å². The first-order chi connectivity index (χ1) is 6.81. The van der Waals surface area contributed by atoms with Crippen molar-refractivity contribution < 1.29 is 14.3 Å². The highest BCUT2D eigenvalue weighted by Gasteiger charge is 1.96. The molecule has 3 nitrogen and oxygen atoms in total. The number of aldehydes is 1. The Hall–Kier alpha value is -1.12. The van der Waals surface area contributed by atoms with Crippen LogP contribution >= 0.6 is 0 Å². The van der Waals surface area contributed by atoms with Crippen molar-refractivity contribution in [2.75, 3.05) is 7.11 Å². The van der Waals surface area contributed by atoms with E-state index in [1.165, 1.54) is 7.11 Å². The van der Waals surface area contributed by atoms with Crippen molar-refractivity contribution in [3.8, 4) is 0 Å². The lowest BCUT2D eigenvalue weighted by molar-refractivity contribution is -0.140. The van der Waals surface area contributed by atoms with Crippen LogP contribution in [0.3, 0.4) is 0 Å². The maximum atomic E-state index is 10.7. The van der Waals surface area contributed by atoms with Crippen molar-refractivity contribution >= 4 is 12.3 Å². The van der Waals surface area contributed by atoms with Gasteiger partial charge in [0.05, 0.1) is 7.11 Å². The maximum Gasteiger partial charge on any atom is 0.305 e. The summed E-state index contributed by atoms with van der Waals surface area (Å²) in [4.78, 5) is 20.7. The highest BCUT2D eigenvalue weighted by molar-refractivity contribution is 5.68. The molecule has 0 fully saturated rings. The minimum absolute atomic E-state index is 0.153. The van der Waals surface area contributed by atoms with Gasteiger partial charge in [-0.05, 0) is 25.7 Å². The molecule has 0 aliphatic rings. The van der Waals surface area contributed by atoms with E-state index in [9.17, 15) is 9.59 Å². The predicted octanol–water partition coefficient (Wildman–Crippen LogP) is 2.26. The molecule has 80 valence electrons. The van der Waals surface area contributed by atoms with Crippen LogP contribution in [-0.2, 0) is 14.3 Å². The molecule has 0 saturated heterocycles. The number of hydrogen-bond donors (Lipinski definition) is 0. The Bertz CT molecular complexity index is 185. The van der Waals surface area contributed by atoms with Gasteiger partial charge in [0.25, 0.3) is 0 Å². The van der Waals surface area contributed by atoms with E-state index >= 15 is 0 Å². The number of carbonyl (C=O) groups is 2. The highest BCUT2D eigenvalue weighted by Crippen LogP contribution is 2.00. The molecular weight excluding hydrogens is 180 g/mol. The molecule has 0 unspecified atom stereocenters. The molecule has 0 aromatic carbocycles. The van der Waals surface area contributed by atoms with Gasteiger partial charge in [-0.2, -0.15) is 0 Å². The van der Waals surface area contributed by atoms with Gasteiger partial charge in [-0.25, -0.2) is 0 Å². The van der Waals surface area contributed by atoms with E-state index < -0.39 is 0 Å². The third-order valence-corrected chi connectivity index (χ3v) is 1.84. The second-order valence-electron chi connectivity index (χ2n) is 3.04. The first-order valence-electron chi connectivity index (χ1n) is 4.96. The minimum Gasteiger partial charge on any atom is -0.469 e. The first kappa shape index (κ1) is 12.9. The fourth-order valence-electron chi connectivity index (χ4n) is 1.02. The lowest BCUT2D eigenvalue weighted by Gasteiger charge is -1.95. The number of esters is 1. The van der Waals surface area contributed by atoms with Crippen LogP contribution in [0.4, 0.5) is 0 Å². The zero-order valence-corrected chi connectivity index (χ0v) is 8.70. The summed E-state index contributed by atoms with van der Waals surface area (Å²) in [6.07, 6.45) is 9.74. The topological polar surface area (TPSA) is 43.4 Å². The number of hydrogen-bond acceptors (Lipinski definition) is 3. The molecule has 14 heavy (non-hydrogen) atoms. The van der Waals surface area contributed by atoms with E-state index in [2.05, 4.69) is 10.8 Å². The van der Waals surface area contributed by atoms with Gasteiger partial charge in [0.2, 0.25) is 0 Å². The van der Waals surface area contributed by atoms with Crippen LogP contribution in [0.15, 0.2) is 12.2 Å². The predicted molar refractivity (Wildman–Crippen MR) is 54.9 cm³/mol. The summed E-state index contributed by atoms with van der Waals surface area (Å²) in [5.41, 5.74) is 0. The molecule has 0 saturated carbocycles. The highest BCUT2D eigenvalue weighted by atomic mass is 16.5. The van der Waals surface area contributed by atoms with E-state index in [4.69, 9.17) is 0 Å². The lowest BCUT2D eigenvalue weighted by Crippen LogP contribution is -1.98. The zero-order valence-electron chi connectivity index (χ0n) is 8.70. The molecule has 0 spiro atoms. The summed E-state index contributed by atoms with van der Waals surface area (Å²) >= 11 is 0. The average Bonchev–Trinajstić information content (AvgIpc) is 2.21. The first-order valence-corrected chi connectivity index (χ1v) is 4.96. The molecule has 0 amide bonds. The van der Waals surface area contributed by atoms with Gasteiger partial charge >= 0.3 is 5.97 Å². The lowest BCUT2D eigenvalue weighted by atomic mass is 10.2. The maximum absolute atomic E-state index is 10.7. The number of methoxy groups -OCH3 is 1. The van der Waals surface area contributed by atoms with Crippen molar-refractivity contribution in [2.45, 2.75) is 38.5 Å². The fraction of sp³-hybridized carbons (Fsp3) is 0.636. The van der Waals surface area contributed by atoms with E-state index in [0.717, 1.165) is 32.0 Å². The Balaban J connectivity index is 3.18. The largest absolute Gasteiger partial charge is 0.469 e. The monoisotopic (exact) mass is 198 g/mol. The molecule has 0 bridgehead atoms. The summed E-state index contributed by atoms with van der Waals surface area (Å²) in [6, 6.07) is 0. The summed E-state index contributed by atoms with van der Waals surface area (Å²) in [5, 5.41) is 0. The molecule has 3 heteroatoms. The number of carbonyl (C=O) groups excluding carboxylic acids is 2. The summed E-state index contributed by atoms with van der Waals surface area (Å²) in [7, 11) is 1.40. The van der Waals surface area contributed by atoms with Crippen LogP contribution in [0.1, 0.15) is 38.5 Å². The molecule has 0 N–H and O–H groups in total. The molecule has 0 aromatic rings. The van der Waals surface area contributed by atoms with Crippen LogP contribution in [0.2, 0.25) is 0 Å². The summed E-state index contributed by atoms with van der Waals surface area (Å²) < 4.78 is 4.51. The Morgan fingerprint density at radius 1 is 1.14 bits per heavy atom. The molecule has 0 radical (unpaired) electrons. The normalized spacial score (nSPS) is 10.4. The van der Waals surface area contributed by atoms with Gasteiger partial charge in [0.15, 0.2) is 0 Å². The molecule has 0 aliphatic heterocycles. The molecule has 0 aliphatic carbocycles. The van der Waals surface area contributed by atoms with E-state index in [1.54, 1.807) is 0 Å². The van der Waals surface area contributed by atoms with E-state index in [0.29, 0.717) is 12.8 Å². The van der Waals surface area contributed by atoms with Crippen molar-refractivity contribution in [3.63, 3.8) is 0 Å².